The first-order valence-corrected chi connectivity index (χ1v) is 7.06. The summed E-state index contributed by atoms with van der Waals surface area (Å²) < 4.78 is 15.5. The second kappa shape index (κ2) is 6.93. The zero-order valence-electron chi connectivity index (χ0n) is 11.8. The Labute approximate surface area is 136 Å². The van der Waals surface area contributed by atoms with E-state index in [4.69, 9.17) is 25.2 Å². The van der Waals surface area contributed by atoms with Crippen molar-refractivity contribution >= 4 is 23.6 Å². The molecule has 1 aromatic carbocycles. The van der Waals surface area contributed by atoms with E-state index >= 15 is 0 Å². The summed E-state index contributed by atoms with van der Waals surface area (Å²) in [6.07, 6.45) is 4.36. The third kappa shape index (κ3) is 3.87. The lowest BCUT2D eigenvalue weighted by Gasteiger charge is -1.98. The minimum Gasteiger partial charge on any atom is -0.459 e. The van der Waals surface area contributed by atoms with Crippen molar-refractivity contribution in [3.63, 3.8) is 0 Å². The maximum Gasteiger partial charge on any atom is 0.331 e. The molecule has 0 fully saturated rings. The Morgan fingerprint density at radius 2 is 2.09 bits per heavy atom. The molecule has 0 atom stereocenters. The molecule has 0 aliphatic carbocycles. The van der Waals surface area contributed by atoms with Gasteiger partial charge in [0.15, 0.2) is 12.4 Å². The Bertz CT molecular complexity index is 824. The number of furan rings is 1. The molecule has 3 aromatic rings. The monoisotopic (exact) mass is 330 g/mol. The van der Waals surface area contributed by atoms with Gasteiger partial charge < -0.3 is 13.6 Å². The molecule has 0 unspecified atom stereocenters. The zero-order chi connectivity index (χ0) is 16.1. The quantitative estimate of drug-likeness (QED) is 0.524. The molecule has 0 radical (unpaired) electrons. The summed E-state index contributed by atoms with van der Waals surface area (Å²) >= 11 is 5.99. The topological polar surface area (TPSA) is 78.4 Å². The predicted molar refractivity (Wildman–Crippen MR) is 82.3 cm³/mol. The van der Waals surface area contributed by atoms with E-state index in [0.29, 0.717) is 10.8 Å². The molecule has 2 heterocycles. The van der Waals surface area contributed by atoms with Crippen LogP contribution in [0.3, 0.4) is 0 Å². The molecule has 0 amide bonds. The van der Waals surface area contributed by atoms with Gasteiger partial charge in [0.25, 0.3) is 11.8 Å². The molecule has 6 nitrogen and oxygen atoms in total. The predicted octanol–water partition coefficient (Wildman–Crippen LogP) is 3.74. The Balaban J connectivity index is 1.56. The highest BCUT2D eigenvalue weighted by Gasteiger charge is 2.11. The van der Waals surface area contributed by atoms with E-state index in [-0.39, 0.29) is 18.4 Å². The first-order chi connectivity index (χ1) is 11.2. The van der Waals surface area contributed by atoms with Gasteiger partial charge in [0.2, 0.25) is 0 Å². The second-order valence-corrected chi connectivity index (χ2v) is 4.85. The summed E-state index contributed by atoms with van der Waals surface area (Å²) in [6.45, 7) is -0.126. The number of rotatable bonds is 5. The van der Waals surface area contributed by atoms with Crippen molar-refractivity contribution in [2.75, 3.05) is 0 Å². The average molecular weight is 331 g/mol. The zero-order valence-corrected chi connectivity index (χ0v) is 12.6. The van der Waals surface area contributed by atoms with Crippen LogP contribution in [0.1, 0.15) is 11.5 Å². The highest BCUT2D eigenvalue weighted by atomic mass is 35.5. The van der Waals surface area contributed by atoms with Crippen LogP contribution in [0.15, 0.2) is 57.6 Å². The van der Waals surface area contributed by atoms with Crippen LogP contribution in [0.4, 0.5) is 0 Å². The van der Waals surface area contributed by atoms with E-state index < -0.39 is 5.97 Å². The van der Waals surface area contributed by atoms with Crippen LogP contribution in [0.25, 0.3) is 17.7 Å². The fourth-order valence-electron chi connectivity index (χ4n) is 1.76. The molecular formula is C16H11ClN2O4. The smallest absolute Gasteiger partial charge is 0.331 e. The first kappa shape index (κ1) is 15.1. The molecule has 0 N–H and O–H groups in total. The molecule has 0 spiro atoms. The van der Waals surface area contributed by atoms with Crippen LogP contribution in [-0.2, 0) is 16.1 Å². The van der Waals surface area contributed by atoms with Crippen LogP contribution in [0.5, 0.6) is 0 Å². The summed E-state index contributed by atoms with van der Waals surface area (Å²) in [5.74, 6) is 0.319. The van der Waals surface area contributed by atoms with Crippen LogP contribution < -0.4 is 0 Å². The van der Waals surface area contributed by atoms with E-state index in [9.17, 15) is 4.79 Å². The van der Waals surface area contributed by atoms with Crippen LogP contribution in [0.2, 0.25) is 5.02 Å². The molecule has 0 aliphatic heterocycles. The molecule has 0 bridgehead atoms. The summed E-state index contributed by atoms with van der Waals surface area (Å²) in [6, 6.07) is 10.6. The Hall–Kier alpha value is -2.86. The fourth-order valence-corrected chi connectivity index (χ4v) is 1.96. The number of halogens is 1. The van der Waals surface area contributed by atoms with Gasteiger partial charge in [0.05, 0.1) is 6.26 Å². The second-order valence-electron chi connectivity index (χ2n) is 4.44. The highest BCUT2D eigenvalue weighted by Crippen LogP contribution is 2.18. The summed E-state index contributed by atoms with van der Waals surface area (Å²) in [5.41, 5.74) is 0.726. The molecule has 3 rings (SSSR count). The maximum atomic E-state index is 11.7. The molecule has 7 heteroatoms. The number of ether oxygens (including phenoxy) is 1. The number of benzene rings is 1. The number of esters is 1. The standard InChI is InChI=1S/C16H11ClN2O4/c17-12-5-2-1-4-11(12)7-8-15(20)22-10-14-18-19-16(23-14)13-6-3-9-21-13/h1-9H,10H2/b8-7+. The van der Waals surface area contributed by atoms with E-state index in [1.54, 1.807) is 30.3 Å². The number of hydrogen-bond donors (Lipinski definition) is 0. The van der Waals surface area contributed by atoms with Crippen molar-refractivity contribution in [3.8, 4) is 11.7 Å². The molecule has 0 saturated heterocycles. The average Bonchev–Trinajstić information content (AvgIpc) is 3.23. The van der Waals surface area contributed by atoms with Crippen molar-refractivity contribution in [1.82, 2.24) is 10.2 Å². The van der Waals surface area contributed by atoms with Crippen LogP contribution in [0, 0.1) is 0 Å². The lowest BCUT2D eigenvalue weighted by Crippen LogP contribution is -2.00. The van der Waals surface area contributed by atoms with Crippen molar-refractivity contribution in [3.05, 3.63) is 65.2 Å². The molecule has 0 saturated carbocycles. The van der Waals surface area contributed by atoms with Gasteiger partial charge in [-0.05, 0) is 29.8 Å². The van der Waals surface area contributed by atoms with Gasteiger partial charge in [-0.3, -0.25) is 0 Å². The van der Waals surface area contributed by atoms with Gasteiger partial charge in [-0.25, -0.2) is 4.79 Å². The Morgan fingerprint density at radius 3 is 2.87 bits per heavy atom. The van der Waals surface area contributed by atoms with Crippen molar-refractivity contribution in [2.45, 2.75) is 6.61 Å². The van der Waals surface area contributed by atoms with E-state index in [1.165, 1.54) is 12.3 Å². The van der Waals surface area contributed by atoms with Gasteiger partial charge in [-0.1, -0.05) is 29.8 Å². The van der Waals surface area contributed by atoms with Gasteiger partial charge in [0.1, 0.15) is 0 Å². The van der Waals surface area contributed by atoms with Gasteiger partial charge in [0, 0.05) is 11.1 Å². The SMILES string of the molecule is O=C(/C=C/c1ccccc1Cl)OCc1nnc(-c2ccco2)o1. The molecule has 116 valence electrons. The fraction of sp³-hybridized carbons (Fsp3) is 0.0625. The third-order valence-corrected chi connectivity index (χ3v) is 3.19. The number of hydrogen-bond acceptors (Lipinski definition) is 6. The minimum atomic E-state index is -0.539. The van der Waals surface area contributed by atoms with E-state index in [1.807, 2.05) is 12.1 Å². The minimum absolute atomic E-state index is 0.126. The van der Waals surface area contributed by atoms with Crippen molar-refractivity contribution < 1.29 is 18.4 Å². The van der Waals surface area contributed by atoms with Crippen LogP contribution >= 0.6 is 11.6 Å². The maximum absolute atomic E-state index is 11.7. The number of carbonyl (C=O) groups is 1. The van der Waals surface area contributed by atoms with E-state index in [2.05, 4.69) is 10.2 Å². The van der Waals surface area contributed by atoms with Crippen molar-refractivity contribution in [2.24, 2.45) is 0 Å². The number of aromatic nitrogens is 2. The van der Waals surface area contributed by atoms with Crippen molar-refractivity contribution in [1.29, 1.82) is 0 Å². The lowest BCUT2D eigenvalue weighted by atomic mass is 10.2. The Kier molecular flexibility index (Phi) is 4.54. The normalized spacial score (nSPS) is 11.0. The molecule has 2 aromatic heterocycles. The third-order valence-electron chi connectivity index (χ3n) is 2.84. The number of nitrogens with zero attached hydrogens (tertiary/aromatic N) is 2. The summed E-state index contributed by atoms with van der Waals surface area (Å²) in [5, 5.41) is 8.13. The Morgan fingerprint density at radius 1 is 1.22 bits per heavy atom. The highest BCUT2D eigenvalue weighted by molar-refractivity contribution is 6.32. The van der Waals surface area contributed by atoms with E-state index in [0.717, 1.165) is 5.56 Å². The number of carbonyl (C=O) groups excluding carboxylic acids is 1. The molecular weight excluding hydrogens is 320 g/mol. The molecule has 23 heavy (non-hydrogen) atoms. The first-order valence-electron chi connectivity index (χ1n) is 6.68. The van der Waals surface area contributed by atoms with Gasteiger partial charge in [-0.15, -0.1) is 10.2 Å². The molecule has 0 aliphatic rings. The largest absolute Gasteiger partial charge is 0.459 e. The van der Waals surface area contributed by atoms with Crippen LogP contribution in [-0.4, -0.2) is 16.2 Å². The summed E-state index contributed by atoms with van der Waals surface area (Å²) in [7, 11) is 0. The lowest BCUT2D eigenvalue weighted by molar-refractivity contribution is -0.139. The van der Waals surface area contributed by atoms with Gasteiger partial charge >= 0.3 is 5.97 Å². The van der Waals surface area contributed by atoms with Gasteiger partial charge in [-0.2, -0.15) is 0 Å². The summed E-state index contributed by atoms with van der Waals surface area (Å²) in [4.78, 5) is 11.7.